The number of ether oxygens (including phenoxy) is 1. The van der Waals surface area contributed by atoms with Crippen molar-refractivity contribution in [1.82, 2.24) is 0 Å². The minimum Gasteiger partial charge on any atom is -0.452 e. The van der Waals surface area contributed by atoms with E-state index in [1.165, 1.54) is 0 Å². The first kappa shape index (κ1) is 12.0. The molecule has 0 radical (unpaired) electrons. The molecule has 0 saturated carbocycles. The average Bonchev–Trinajstić information content (AvgIpc) is 2.02. The van der Waals surface area contributed by atoms with E-state index in [1.54, 1.807) is 0 Å². The molecule has 0 aromatic rings. The third-order valence-corrected chi connectivity index (χ3v) is 1.39. The standard InChI is InChI=1S/C11H18O2/c1-5-6-7-8-9-13-10(12)11(2,3)4/h5-6,9H2,1-4H3. The van der Waals surface area contributed by atoms with Crippen LogP contribution in [0.5, 0.6) is 0 Å². The van der Waals surface area contributed by atoms with Gasteiger partial charge in [-0.15, -0.1) is 0 Å². The molecule has 0 heterocycles. The third-order valence-electron chi connectivity index (χ3n) is 1.39. The van der Waals surface area contributed by atoms with E-state index in [2.05, 4.69) is 18.8 Å². The maximum atomic E-state index is 11.2. The van der Waals surface area contributed by atoms with Gasteiger partial charge in [0.25, 0.3) is 0 Å². The average molecular weight is 182 g/mol. The van der Waals surface area contributed by atoms with E-state index in [0.29, 0.717) is 0 Å². The molecule has 0 fully saturated rings. The minimum atomic E-state index is -0.424. The van der Waals surface area contributed by atoms with Gasteiger partial charge in [-0.25, -0.2) is 0 Å². The Balaban J connectivity index is 3.68. The van der Waals surface area contributed by atoms with Gasteiger partial charge >= 0.3 is 5.97 Å². The molecule has 0 aliphatic rings. The summed E-state index contributed by atoms with van der Waals surface area (Å²) in [4.78, 5) is 11.2. The maximum Gasteiger partial charge on any atom is 0.312 e. The van der Waals surface area contributed by atoms with Gasteiger partial charge in [-0.3, -0.25) is 4.79 Å². The fourth-order valence-corrected chi connectivity index (χ4v) is 0.583. The van der Waals surface area contributed by atoms with Gasteiger partial charge in [0.05, 0.1) is 5.41 Å². The summed E-state index contributed by atoms with van der Waals surface area (Å²) in [5, 5.41) is 0. The summed E-state index contributed by atoms with van der Waals surface area (Å²) in [6.45, 7) is 7.77. The lowest BCUT2D eigenvalue weighted by molar-refractivity contribution is -0.151. The number of carbonyl (C=O) groups excluding carboxylic acids is 1. The van der Waals surface area contributed by atoms with Crippen LogP contribution in [0, 0.1) is 17.3 Å². The van der Waals surface area contributed by atoms with Crippen molar-refractivity contribution < 1.29 is 9.53 Å². The molecule has 0 amide bonds. The molecule has 0 atom stereocenters. The van der Waals surface area contributed by atoms with Gasteiger partial charge in [0.15, 0.2) is 6.61 Å². The van der Waals surface area contributed by atoms with E-state index in [0.717, 1.165) is 12.8 Å². The first-order chi connectivity index (χ1) is 5.98. The fourth-order valence-electron chi connectivity index (χ4n) is 0.583. The smallest absolute Gasteiger partial charge is 0.312 e. The second-order valence-electron chi connectivity index (χ2n) is 3.93. The second kappa shape index (κ2) is 5.64. The van der Waals surface area contributed by atoms with Crippen molar-refractivity contribution in [3.05, 3.63) is 0 Å². The molecule has 0 aromatic heterocycles. The lowest BCUT2D eigenvalue weighted by Crippen LogP contribution is -2.22. The van der Waals surface area contributed by atoms with Crippen molar-refractivity contribution >= 4 is 5.97 Å². The zero-order valence-corrected chi connectivity index (χ0v) is 8.94. The molecule has 0 unspecified atom stereocenters. The molecular weight excluding hydrogens is 164 g/mol. The Labute approximate surface area is 80.7 Å². The predicted molar refractivity (Wildman–Crippen MR) is 53.1 cm³/mol. The monoisotopic (exact) mass is 182 g/mol. The number of unbranched alkanes of at least 4 members (excludes halogenated alkanes) is 1. The predicted octanol–water partition coefficient (Wildman–Crippen LogP) is 2.38. The van der Waals surface area contributed by atoms with Crippen LogP contribution in [0.25, 0.3) is 0 Å². The van der Waals surface area contributed by atoms with Crippen LogP contribution in [0.15, 0.2) is 0 Å². The highest BCUT2D eigenvalue weighted by Crippen LogP contribution is 2.14. The van der Waals surface area contributed by atoms with Gasteiger partial charge in [-0.05, 0) is 27.2 Å². The zero-order chi connectivity index (χ0) is 10.3. The van der Waals surface area contributed by atoms with Crippen LogP contribution in [0.1, 0.15) is 40.5 Å². The van der Waals surface area contributed by atoms with Crippen LogP contribution in [0.2, 0.25) is 0 Å². The SMILES string of the molecule is CCCC#CCOC(=O)C(C)(C)C. The number of esters is 1. The van der Waals surface area contributed by atoms with Crippen molar-refractivity contribution in [1.29, 1.82) is 0 Å². The van der Waals surface area contributed by atoms with Crippen molar-refractivity contribution in [2.24, 2.45) is 5.41 Å². The van der Waals surface area contributed by atoms with E-state index in [4.69, 9.17) is 4.74 Å². The first-order valence-corrected chi connectivity index (χ1v) is 4.61. The summed E-state index contributed by atoms with van der Waals surface area (Å²) in [5.74, 6) is 5.51. The van der Waals surface area contributed by atoms with Crippen LogP contribution >= 0.6 is 0 Å². The molecule has 0 aliphatic heterocycles. The van der Waals surface area contributed by atoms with Crippen LogP contribution in [-0.4, -0.2) is 12.6 Å². The molecular formula is C11H18O2. The van der Waals surface area contributed by atoms with Gasteiger partial charge in [-0.1, -0.05) is 18.8 Å². The quantitative estimate of drug-likeness (QED) is 0.484. The van der Waals surface area contributed by atoms with E-state index in [9.17, 15) is 4.79 Å². The Bertz CT molecular complexity index is 212. The lowest BCUT2D eigenvalue weighted by atomic mass is 9.97. The number of hydrogen-bond acceptors (Lipinski definition) is 2. The molecule has 0 rings (SSSR count). The molecule has 0 aliphatic carbocycles. The summed E-state index contributed by atoms with van der Waals surface area (Å²) in [7, 11) is 0. The van der Waals surface area contributed by atoms with E-state index in [-0.39, 0.29) is 12.6 Å². The molecule has 2 nitrogen and oxygen atoms in total. The van der Waals surface area contributed by atoms with E-state index in [1.807, 2.05) is 20.8 Å². The van der Waals surface area contributed by atoms with Gasteiger partial charge in [0.1, 0.15) is 0 Å². The topological polar surface area (TPSA) is 26.3 Å². The summed E-state index contributed by atoms with van der Waals surface area (Å²) >= 11 is 0. The van der Waals surface area contributed by atoms with Crippen molar-refractivity contribution in [2.75, 3.05) is 6.61 Å². The van der Waals surface area contributed by atoms with Crippen LogP contribution < -0.4 is 0 Å². The van der Waals surface area contributed by atoms with Gasteiger partial charge in [0.2, 0.25) is 0 Å². The van der Waals surface area contributed by atoms with Crippen molar-refractivity contribution in [3.63, 3.8) is 0 Å². The minimum absolute atomic E-state index is 0.196. The van der Waals surface area contributed by atoms with Crippen LogP contribution in [0.3, 0.4) is 0 Å². The van der Waals surface area contributed by atoms with Gasteiger partial charge in [-0.2, -0.15) is 0 Å². The summed E-state index contributed by atoms with van der Waals surface area (Å²) in [6.07, 6.45) is 1.91. The normalized spacial score (nSPS) is 10.2. The molecule has 0 spiro atoms. The van der Waals surface area contributed by atoms with Gasteiger partial charge < -0.3 is 4.74 Å². The third kappa shape index (κ3) is 6.21. The zero-order valence-electron chi connectivity index (χ0n) is 8.94. The lowest BCUT2D eigenvalue weighted by Gasteiger charge is -2.14. The summed E-state index contributed by atoms with van der Waals surface area (Å²) in [5.41, 5.74) is -0.424. The molecule has 2 heteroatoms. The largest absolute Gasteiger partial charge is 0.452 e. The molecule has 0 N–H and O–H groups in total. The molecule has 13 heavy (non-hydrogen) atoms. The van der Waals surface area contributed by atoms with Crippen LogP contribution in [0.4, 0.5) is 0 Å². The second-order valence-corrected chi connectivity index (χ2v) is 3.93. The molecule has 0 aromatic carbocycles. The Morgan fingerprint density at radius 2 is 1.92 bits per heavy atom. The fraction of sp³-hybridized carbons (Fsp3) is 0.727. The highest BCUT2D eigenvalue weighted by molar-refractivity contribution is 5.75. The molecule has 0 bridgehead atoms. The first-order valence-electron chi connectivity index (χ1n) is 4.61. The number of hydrogen-bond donors (Lipinski definition) is 0. The van der Waals surface area contributed by atoms with Crippen LogP contribution in [-0.2, 0) is 9.53 Å². The van der Waals surface area contributed by atoms with Crippen molar-refractivity contribution in [3.8, 4) is 11.8 Å². The number of carbonyl (C=O) groups is 1. The summed E-state index contributed by atoms with van der Waals surface area (Å²) < 4.78 is 4.94. The van der Waals surface area contributed by atoms with Crippen molar-refractivity contribution in [2.45, 2.75) is 40.5 Å². The maximum absolute atomic E-state index is 11.2. The molecule has 74 valence electrons. The van der Waals surface area contributed by atoms with E-state index < -0.39 is 5.41 Å². The Morgan fingerprint density at radius 3 is 2.38 bits per heavy atom. The molecule has 0 saturated heterocycles. The van der Waals surface area contributed by atoms with Gasteiger partial charge in [0, 0.05) is 6.42 Å². The highest BCUT2D eigenvalue weighted by atomic mass is 16.5. The Morgan fingerprint density at radius 1 is 1.31 bits per heavy atom. The summed E-state index contributed by atoms with van der Waals surface area (Å²) in [6, 6.07) is 0. The van der Waals surface area contributed by atoms with E-state index >= 15 is 0 Å². The Kier molecular flexibility index (Phi) is 5.22. The Hall–Kier alpha value is -0.970. The number of rotatable bonds is 2. The highest BCUT2D eigenvalue weighted by Gasteiger charge is 2.22.